The maximum Gasteiger partial charge on any atom is 0.376 e. The van der Waals surface area contributed by atoms with Gasteiger partial charge in [0.25, 0.3) is 16.0 Å². The molecule has 15 heteroatoms. The van der Waals surface area contributed by atoms with Crippen molar-refractivity contribution in [2.75, 3.05) is 26.4 Å². The number of amides is 3. The Morgan fingerprint density at radius 1 is 1.29 bits per heavy atom. The van der Waals surface area contributed by atoms with Crippen LogP contribution in [0.3, 0.4) is 0 Å². The molecular weight excluding hydrogens is 474 g/mol. The third kappa shape index (κ3) is 6.30. The number of rotatable bonds is 9. The average molecular weight is 497 g/mol. The maximum absolute atomic E-state index is 12.7. The Hall–Kier alpha value is -1.91. The van der Waals surface area contributed by atoms with Crippen molar-refractivity contribution in [3.63, 3.8) is 0 Å². The van der Waals surface area contributed by atoms with Crippen molar-refractivity contribution < 1.29 is 47.1 Å². The van der Waals surface area contributed by atoms with E-state index in [4.69, 9.17) is 5.11 Å². The second-order valence-corrected chi connectivity index (χ2v) is 11.2. The molecule has 3 amide bonds. The van der Waals surface area contributed by atoms with E-state index in [2.05, 4.69) is 0 Å². The fourth-order valence-corrected chi connectivity index (χ4v) is 5.75. The first kappa shape index (κ1) is 25.4. The summed E-state index contributed by atoms with van der Waals surface area (Å²) in [6, 6.07) is 0. The van der Waals surface area contributed by atoms with Gasteiger partial charge >= 0.3 is 11.9 Å². The topological polar surface area (TPSA) is 170 Å². The number of carbonyl (C=O) groups is 4. The first-order valence-corrected chi connectivity index (χ1v) is 12.7. The van der Waals surface area contributed by atoms with Crippen molar-refractivity contribution in [3.8, 4) is 0 Å². The Bertz CT molecular complexity index is 953. The molecule has 0 aromatic carbocycles. The van der Waals surface area contributed by atoms with Gasteiger partial charge in [0, 0.05) is 23.3 Å². The lowest BCUT2D eigenvalue weighted by Gasteiger charge is -2.33. The molecule has 2 aliphatic rings. The summed E-state index contributed by atoms with van der Waals surface area (Å²) < 4.78 is 30.9. The van der Waals surface area contributed by atoms with Crippen LogP contribution in [0.5, 0.6) is 0 Å². The SMILES string of the molecule is C[N+](C)(O)C(=O)C1=C(SSCCCC(=O)O)C=CN(N2C(=O)CC(S(=O)(=O)O)C2=O)C1. The number of carboxylic acids is 1. The fourth-order valence-electron chi connectivity index (χ4n) is 2.75. The molecule has 0 aromatic heterocycles. The number of allylic oxidation sites excluding steroid dienone is 1. The molecule has 0 aromatic rings. The number of likely N-dealkylation sites (N-methyl/N-ethyl adjacent to an activating group) is 1. The molecule has 0 spiro atoms. The summed E-state index contributed by atoms with van der Waals surface area (Å²) in [5.41, 5.74) is 0.0710. The lowest BCUT2D eigenvalue weighted by Crippen LogP contribution is -2.50. The second kappa shape index (κ2) is 9.70. The molecule has 2 heterocycles. The van der Waals surface area contributed by atoms with Crippen LogP contribution in [0.15, 0.2) is 22.8 Å². The zero-order chi connectivity index (χ0) is 23.6. The van der Waals surface area contributed by atoms with Crippen molar-refractivity contribution >= 4 is 55.4 Å². The summed E-state index contributed by atoms with van der Waals surface area (Å²) in [5, 5.41) is 18.5. The van der Waals surface area contributed by atoms with Crippen LogP contribution in [0, 0.1) is 0 Å². The van der Waals surface area contributed by atoms with Crippen LogP contribution in [-0.4, -0.2) is 93.3 Å². The minimum Gasteiger partial charge on any atom is -0.481 e. The van der Waals surface area contributed by atoms with Crippen molar-refractivity contribution in [2.24, 2.45) is 0 Å². The van der Waals surface area contributed by atoms with Crippen LogP contribution >= 0.6 is 21.6 Å². The summed E-state index contributed by atoms with van der Waals surface area (Å²) in [7, 11) is 0.141. The lowest BCUT2D eigenvalue weighted by atomic mass is 10.1. The Morgan fingerprint density at radius 2 is 1.94 bits per heavy atom. The molecule has 1 fully saturated rings. The predicted octanol–water partition coefficient (Wildman–Crippen LogP) is 0.239. The van der Waals surface area contributed by atoms with Crippen molar-refractivity contribution in [1.82, 2.24) is 10.0 Å². The Balaban J connectivity index is 2.22. The summed E-state index contributed by atoms with van der Waals surface area (Å²) >= 11 is 0. The molecule has 0 saturated carbocycles. The number of nitrogens with zero attached hydrogens (tertiary/aromatic N) is 3. The molecule has 0 radical (unpaired) electrons. The van der Waals surface area contributed by atoms with Crippen molar-refractivity contribution in [1.29, 1.82) is 0 Å². The number of hydrogen-bond donors (Lipinski definition) is 3. The molecule has 1 saturated heterocycles. The fraction of sp³-hybridized carbons (Fsp3) is 0.500. The quantitative estimate of drug-likeness (QED) is 0.0757. The van der Waals surface area contributed by atoms with E-state index < -0.39 is 50.1 Å². The molecule has 1 atom stereocenters. The number of imide groups is 1. The Kier molecular flexibility index (Phi) is 7.94. The molecule has 0 aliphatic carbocycles. The van der Waals surface area contributed by atoms with Gasteiger partial charge in [-0.2, -0.15) is 13.4 Å². The van der Waals surface area contributed by atoms with E-state index in [-0.39, 0.29) is 18.5 Å². The number of hydrogen-bond acceptors (Lipinski definition) is 10. The first-order valence-electron chi connectivity index (χ1n) is 8.87. The van der Waals surface area contributed by atoms with E-state index in [0.717, 1.165) is 5.01 Å². The minimum absolute atomic E-state index is 0.00329. The molecule has 0 bridgehead atoms. The molecule has 2 rings (SSSR count). The molecule has 12 nitrogen and oxygen atoms in total. The van der Waals surface area contributed by atoms with Gasteiger partial charge in [-0.3, -0.25) is 23.9 Å². The zero-order valence-electron chi connectivity index (χ0n) is 16.6. The molecule has 2 aliphatic heterocycles. The van der Waals surface area contributed by atoms with E-state index in [1.807, 2.05) is 0 Å². The van der Waals surface area contributed by atoms with Crippen LogP contribution in [0.2, 0.25) is 0 Å². The number of quaternary nitrogens is 1. The second-order valence-electron chi connectivity index (χ2n) is 7.11. The molecule has 3 N–H and O–H groups in total. The summed E-state index contributed by atoms with van der Waals surface area (Å²) in [6.07, 6.45) is 2.43. The van der Waals surface area contributed by atoms with E-state index in [1.54, 1.807) is 0 Å². The number of hydroxylamine groups is 3. The van der Waals surface area contributed by atoms with Gasteiger partial charge in [0.2, 0.25) is 5.91 Å². The smallest absolute Gasteiger partial charge is 0.376 e. The predicted molar refractivity (Wildman–Crippen MR) is 110 cm³/mol. The van der Waals surface area contributed by atoms with E-state index in [1.165, 1.54) is 48.0 Å². The number of carboxylic acid groups (broad SMARTS) is 1. The third-order valence-electron chi connectivity index (χ3n) is 4.23. The van der Waals surface area contributed by atoms with Gasteiger partial charge in [-0.1, -0.05) is 21.6 Å². The van der Waals surface area contributed by atoms with Crippen molar-refractivity contribution in [3.05, 3.63) is 22.8 Å². The lowest BCUT2D eigenvalue weighted by molar-refractivity contribution is -1.01. The van der Waals surface area contributed by atoms with Gasteiger partial charge in [0.05, 0.1) is 18.5 Å². The van der Waals surface area contributed by atoms with Crippen LogP contribution < -0.4 is 0 Å². The van der Waals surface area contributed by atoms with Crippen molar-refractivity contribution in [2.45, 2.75) is 24.5 Å². The molecule has 1 unspecified atom stereocenters. The van der Waals surface area contributed by atoms with Crippen LogP contribution in [0.1, 0.15) is 19.3 Å². The van der Waals surface area contributed by atoms with Gasteiger partial charge in [0.1, 0.15) is 14.1 Å². The standard InChI is InChI=1S/C16H21N3O9S3/c1-19(2,25)16(24)10-9-17(6-5-11(10)30-29-7-3-4-14(21)22)18-13(20)8-12(15(18)23)31(26,27)28/h5-6,12,25H,3-4,7-9H2,1-2H3,(H-,21,22,26,27,28)/p+1. The largest absolute Gasteiger partial charge is 0.481 e. The molecular formula is C16H22N3O9S3+. The van der Waals surface area contributed by atoms with Crippen LogP contribution in [0.4, 0.5) is 0 Å². The van der Waals surface area contributed by atoms with Gasteiger partial charge < -0.3 is 5.11 Å². The summed E-state index contributed by atoms with van der Waals surface area (Å²) in [4.78, 5) is 48.4. The molecule has 31 heavy (non-hydrogen) atoms. The highest BCUT2D eigenvalue weighted by atomic mass is 33.1. The van der Waals surface area contributed by atoms with Gasteiger partial charge in [-0.15, -0.1) is 4.65 Å². The molecule has 172 valence electrons. The third-order valence-corrected chi connectivity index (χ3v) is 7.85. The zero-order valence-corrected chi connectivity index (χ0v) is 19.1. The van der Waals surface area contributed by atoms with Gasteiger partial charge in [0.15, 0.2) is 5.25 Å². The monoisotopic (exact) mass is 496 g/mol. The van der Waals surface area contributed by atoms with Crippen LogP contribution in [0.25, 0.3) is 0 Å². The number of hydrazine groups is 1. The number of aliphatic carboxylic acids is 1. The summed E-state index contributed by atoms with van der Waals surface area (Å²) in [6.45, 7) is -0.300. The van der Waals surface area contributed by atoms with E-state index in [9.17, 15) is 37.4 Å². The highest BCUT2D eigenvalue weighted by Crippen LogP contribution is 2.37. The van der Waals surface area contributed by atoms with Crippen LogP contribution in [-0.2, 0) is 29.3 Å². The Labute approximate surface area is 186 Å². The summed E-state index contributed by atoms with van der Waals surface area (Å²) in [5.74, 6) is -3.15. The van der Waals surface area contributed by atoms with E-state index in [0.29, 0.717) is 22.1 Å². The normalized spacial score (nSPS) is 20.1. The van der Waals surface area contributed by atoms with E-state index >= 15 is 0 Å². The first-order chi connectivity index (χ1) is 14.2. The van der Waals surface area contributed by atoms with Gasteiger partial charge in [-0.25, -0.2) is 10.0 Å². The number of carbonyl (C=O) groups excluding carboxylic acids is 3. The highest BCUT2D eigenvalue weighted by Gasteiger charge is 2.49. The average Bonchev–Trinajstić information content (AvgIpc) is 2.94. The highest BCUT2D eigenvalue weighted by molar-refractivity contribution is 8.78. The Morgan fingerprint density at radius 3 is 2.45 bits per heavy atom. The maximum atomic E-state index is 12.7. The minimum atomic E-state index is -4.78. The van der Waals surface area contributed by atoms with Gasteiger partial charge in [-0.05, 0) is 12.5 Å².